The maximum Gasteiger partial charge on any atom is 0.326 e. The van der Waals surface area contributed by atoms with Crippen LogP contribution < -0.4 is 10.6 Å². The Kier molecular flexibility index (Phi) is 5.52. The molecule has 0 heterocycles. The van der Waals surface area contributed by atoms with E-state index in [9.17, 15) is 9.59 Å². The molecular weight excluding hydrogens is 220 g/mol. The van der Waals surface area contributed by atoms with E-state index in [1.165, 1.54) is 0 Å². The van der Waals surface area contributed by atoms with Crippen LogP contribution in [0.15, 0.2) is 12.2 Å². The number of hydrogen-bond donors (Lipinski definition) is 3. The van der Waals surface area contributed by atoms with Crippen molar-refractivity contribution in [3.05, 3.63) is 12.2 Å². The first-order chi connectivity index (χ1) is 8.13. The normalized spacial score (nSPS) is 20.6. The van der Waals surface area contributed by atoms with Crippen LogP contribution in [-0.2, 0) is 4.79 Å². The maximum atomic E-state index is 11.5. The van der Waals surface area contributed by atoms with E-state index in [4.69, 9.17) is 5.11 Å². The summed E-state index contributed by atoms with van der Waals surface area (Å²) in [7, 11) is 0. The van der Waals surface area contributed by atoms with Crippen molar-refractivity contribution in [3.8, 4) is 0 Å². The number of carbonyl (C=O) groups is 2. The van der Waals surface area contributed by atoms with Crippen molar-refractivity contribution in [2.75, 3.05) is 6.54 Å². The van der Waals surface area contributed by atoms with Crippen molar-refractivity contribution in [2.24, 2.45) is 5.92 Å². The molecule has 0 saturated heterocycles. The van der Waals surface area contributed by atoms with Crippen LogP contribution in [0, 0.1) is 5.92 Å². The van der Waals surface area contributed by atoms with Crippen LogP contribution in [0.4, 0.5) is 4.79 Å². The Balaban J connectivity index is 2.24. The molecule has 17 heavy (non-hydrogen) atoms. The molecule has 2 unspecified atom stereocenters. The fourth-order valence-corrected chi connectivity index (χ4v) is 1.83. The summed E-state index contributed by atoms with van der Waals surface area (Å²) in [4.78, 5) is 22.2. The predicted molar refractivity (Wildman–Crippen MR) is 64.7 cm³/mol. The van der Waals surface area contributed by atoms with Crippen LogP contribution in [0.5, 0.6) is 0 Å². The highest BCUT2D eigenvalue weighted by molar-refractivity contribution is 5.82. The molecule has 2 amide bonds. The van der Waals surface area contributed by atoms with Crippen LogP contribution in [0.25, 0.3) is 0 Å². The van der Waals surface area contributed by atoms with Gasteiger partial charge >= 0.3 is 12.0 Å². The topological polar surface area (TPSA) is 78.4 Å². The number of aliphatic carboxylic acids is 1. The number of nitrogens with one attached hydrogen (secondary N) is 2. The molecule has 0 aromatic rings. The number of carbonyl (C=O) groups excluding carboxylic acids is 1. The van der Waals surface area contributed by atoms with Crippen molar-refractivity contribution in [1.82, 2.24) is 10.6 Å². The lowest BCUT2D eigenvalue weighted by Crippen LogP contribution is -2.46. The van der Waals surface area contributed by atoms with Gasteiger partial charge in [-0.05, 0) is 31.6 Å². The summed E-state index contributed by atoms with van der Waals surface area (Å²) in [5.74, 6) is -0.529. The molecule has 5 heteroatoms. The van der Waals surface area contributed by atoms with Gasteiger partial charge in [0.1, 0.15) is 6.04 Å². The van der Waals surface area contributed by atoms with E-state index in [2.05, 4.69) is 22.8 Å². The summed E-state index contributed by atoms with van der Waals surface area (Å²) in [6.07, 6.45) is 7.77. The van der Waals surface area contributed by atoms with Crippen molar-refractivity contribution >= 4 is 12.0 Å². The van der Waals surface area contributed by atoms with Gasteiger partial charge in [0.05, 0.1) is 0 Å². The lowest BCUT2D eigenvalue weighted by atomic mass is 9.94. The molecule has 0 radical (unpaired) electrons. The second-order valence-electron chi connectivity index (χ2n) is 4.30. The average Bonchev–Trinajstić information content (AvgIpc) is 2.34. The fourth-order valence-electron chi connectivity index (χ4n) is 1.83. The number of allylic oxidation sites excluding steroid dienone is 2. The standard InChI is InChI=1S/C12H20N2O3/c1-2-10(11(15)16)14-12(17)13-8-9-6-4-3-5-7-9/h3-4,9-10H,2,5-8H2,1H3,(H,15,16)(H2,13,14,17). The molecule has 1 aliphatic rings. The summed E-state index contributed by atoms with van der Waals surface area (Å²) in [6, 6.07) is -1.20. The van der Waals surface area contributed by atoms with Gasteiger partial charge in [-0.3, -0.25) is 0 Å². The van der Waals surface area contributed by atoms with Crippen LogP contribution in [0.2, 0.25) is 0 Å². The molecule has 2 atom stereocenters. The monoisotopic (exact) mass is 240 g/mol. The summed E-state index contributed by atoms with van der Waals surface area (Å²) in [5.41, 5.74) is 0. The van der Waals surface area contributed by atoms with E-state index in [0.717, 1.165) is 19.3 Å². The molecule has 5 nitrogen and oxygen atoms in total. The molecular formula is C12H20N2O3. The highest BCUT2D eigenvalue weighted by atomic mass is 16.4. The zero-order chi connectivity index (χ0) is 12.7. The number of amides is 2. The van der Waals surface area contributed by atoms with Crippen LogP contribution in [0.3, 0.4) is 0 Å². The number of carboxylic acid groups (broad SMARTS) is 1. The Morgan fingerprint density at radius 3 is 2.76 bits per heavy atom. The third-order valence-corrected chi connectivity index (χ3v) is 2.94. The Morgan fingerprint density at radius 1 is 1.47 bits per heavy atom. The van der Waals surface area contributed by atoms with Gasteiger partial charge in [-0.1, -0.05) is 19.1 Å². The maximum absolute atomic E-state index is 11.5. The molecule has 0 spiro atoms. The van der Waals surface area contributed by atoms with Gasteiger partial charge in [-0.2, -0.15) is 0 Å². The van der Waals surface area contributed by atoms with Crippen molar-refractivity contribution < 1.29 is 14.7 Å². The van der Waals surface area contributed by atoms with Gasteiger partial charge in [0.25, 0.3) is 0 Å². The summed E-state index contributed by atoms with van der Waals surface area (Å²) in [5, 5.41) is 14.0. The van der Waals surface area contributed by atoms with E-state index in [-0.39, 0.29) is 0 Å². The van der Waals surface area contributed by atoms with Crippen molar-refractivity contribution in [2.45, 2.75) is 38.6 Å². The van der Waals surface area contributed by atoms with Gasteiger partial charge in [0.15, 0.2) is 0 Å². The molecule has 0 aromatic carbocycles. The minimum absolute atomic E-state index is 0.384. The molecule has 0 fully saturated rings. The van der Waals surface area contributed by atoms with Crippen LogP contribution >= 0.6 is 0 Å². The average molecular weight is 240 g/mol. The molecule has 1 rings (SSSR count). The van der Waals surface area contributed by atoms with Gasteiger partial charge < -0.3 is 15.7 Å². The molecule has 96 valence electrons. The van der Waals surface area contributed by atoms with Crippen LogP contribution in [0.1, 0.15) is 32.6 Å². The van der Waals surface area contributed by atoms with E-state index in [0.29, 0.717) is 18.9 Å². The van der Waals surface area contributed by atoms with Crippen molar-refractivity contribution in [3.63, 3.8) is 0 Å². The number of hydrogen-bond acceptors (Lipinski definition) is 2. The molecule has 3 N–H and O–H groups in total. The van der Waals surface area contributed by atoms with E-state index >= 15 is 0 Å². The number of rotatable bonds is 5. The van der Waals surface area contributed by atoms with Gasteiger partial charge in [0, 0.05) is 6.54 Å². The first-order valence-electron chi connectivity index (χ1n) is 6.05. The van der Waals surface area contributed by atoms with E-state index in [1.54, 1.807) is 6.92 Å². The Morgan fingerprint density at radius 2 is 2.24 bits per heavy atom. The summed E-state index contributed by atoms with van der Waals surface area (Å²) < 4.78 is 0. The summed E-state index contributed by atoms with van der Waals surface area (Å²) in [6.45, 7) is 2.33. The zero-order valence-electron chi connectivity index (χ0n) is 10.1. The Hall–Kier alpha value is -1.52. The summed E-state index contributed by atoms with van der Waals surface area (Å²) >= 11 is 0. The second kappa shape index (κ2) is 6.93. The lowest BCUT2D eigenvalue weighted by molar-refractivity contribution is -0.139. The third kappa shape index (κ3) is 4.89. The Bertz CT molecular complexity index is 302. The fraction of sp³-hybridized carbons (Fsp3) is 0.667. The first kappa shape index (κ1) is 13.5. The smallest absolute Gasteiger partial charge is 0.326 e. The van der Waals surface area contributed by atoms with E-state index in [1.807, 2.05) is 0 Å². The quantitative estimate of drug-likeness (QED) is 0.637. The van der Waals surface area contributed by atoms with Crippen LogP contribution in [-0.4, -0.2) is 29.7 Å². The van der Waals surface area contributed by atoms with Crippen molar-refractivity contribution in [1.29, 1.82) is 0 Å². The molecule has 0 bridgehead atoms. The van der Waals surface area contributed by atoms with Gasteiger partial charge in [0.2, 0.25) is 0 Å². The SMILES string of the molecule is CCC(NC(=O)NCC1CC=CCC1)C(=O)O. The largest absolute Gasteiger partial charge is 0.480 e. The predicted octanol–water partition coefficient (Wildman–Crippen LogP) is 1.51. The number of carboxylic acids is 1. The zero-order valence-corrected chi connectivity index (χ0v) is 10.1. The second-order valence-corrected chi connectivity index (χ2v) is 4.30. The Labute approximate surface area is 101 Å². The molecule has 1 aliphatic carbocycles. The minimum atomic E-state index is -0.997. The molecule has 0 saturated carbocycles. The van der Waals surface area contributed by atoms with E-state index < -0.39 is 18.0 Å². The molecule has 0 aromatic heterocycles. The van der Waals surface area contributed by atoms with Gasteiger partial charge in [-0.15, -0.1) is 0 Å². The highest BCUT2D eigenvalue weighted by Gasteiger charge is 2.18. The number of urea groups is 1. The highest BCUT2D eigenvalue weighted by Crippen LogP contribution is 2.16. The lowest BCUT2D eigenvalue weighted by Gasteiger charge is -2.19. The minimum Gasteiger partial charge on any atom is -0.480 e. The first-order valence-corrected chi connectivity index (χ1v) is 6.05. The third-order valence-electron chi connectivity index (χ3n) is 2.94. The molecule has 0 aliphatic heterocycles. The van der Waals surface area contributed by atoms with Gasteiger partial charge in [-0.25, -0.2) is 9.59 Å².